The highest BCUT2D eigenvalue weighted by Crippen LogP contribution is 2.22. The Balaban J connectivity index is 1.61. The number of halogens is 2. The fraction of sp³-hybridized carbons (Fsp3) is 0. The van der Waals surface area contributed by atoms with Crippen LogP contribution >= 0.6 is 11.6 Å². The van der Waals surface area contributed by atoms with Gasteiger partial charge in [0.1, 0.15) is 5.75 Å². The molecule has 126 valence electrons. The molecule has 0 atom stereocenters. The van der Waals surface area contributed by atoms with E-state index in [0.717, 1.165) is 6.20 Å². The number of rotatable bonds is 5. The quantitative estimate of drug-likeness (QED) is 0.428. The summed E-state index contributed by atoms with van der Waals surface area (Å²) in [6.07, 6.45) is 3.76. The van der Waals surface area contributed by atoms with Gasteiger partial charge in [0.25, 0.3) is 5.88 Å². The van der Waals surface area contributed by atoms with Gasteiger partial charge in [0.15, 0.2) is 5.76 Å². The number of carbonyl (C=O) groups excluding carboxylic acids is 1. The zero-order valence-electron chi connectivity index (χ0n) is 12.5. The Kier molecular flexibility index (Phi) is 5.00. The summed E-state index contributed by atoms with van der Waals surface area (Å²) in [6.45, 7) is 0. The first-order chi connectivity index (χ1) is 12.1. The number of carbonyl (C=O) groups is 1. The number of hydrazone groups is 1. The molecule has 2 aromatic heterocycles. The molecule has 1 N–H and O–H groups in total. The molecular weight excluding hydrogens is 351 g/mol. The molecule has 0 unspecified atom stereocenters. The van der Waals surface area contributed by atoms with Crippen molar-refractivity contribution < 1.29 is 18.3 Å². The summed E-state index contributed by atoms with van der Waals surface area (Å²) in [5.74, 6) is -0.947. The number of hydrogen-bond donors (Lipinski definition) is 1. The van der Waals surface area contributed by atoms with E-state index >= 15 is 0 Å². The van der Waals surface area contributed by atoms with Crippen molar-refractivity contribution >= 4 is 23.7 Å². The average Bonchev–Trinajstić information content (AvgIpc) is 3.14. The first-order valence-electron chi connectivity index (χ1n) is 6.95. The number of hydrogen-bond acceptors (Lipinski definition) is 6. The molecule has 0 aliphatic rings. The molecule has 7 nitrogen and oxygen atoms in total. The highest BCUT2D eigenvalue weighted by molar-refractivity contribution is 6.28. The topological polar surface area (TPSA) is 89.6 Å². The Morgan fingerprint density at radius 2 is 2.12 bits per heavy atom. The van der Waals surface area contributed by atoms with E-state index in [1.165, 1.54) is 18.5 Å². The molecule has 0 bridgehead atoms. The van der Waals surface area contributed by atoms with E-state index in [2.05, 4.69) is 20.5 Å². The van der Waals surface area contributed by atoms with E-state index in [1.54, 1.807) is 30.3 Å². The maximum atomic E-state index is 13.5. The van der Waals surface area contributed by atoms with E-state index in [9.17, 15) is 9.18 Å². The van der Waals surface area contributed by atoms with Crippen LogP contribution in [0.2, 0.25) is 5.28 Å². The van der Waals surface area contributed by atoms with Crippen molar-refractivity contribution in [2.24, 2.45) is 5.10 Å². The largest absolute Gasteiger partial charge is 0.459 e. The number of ether oxygens (including phenoxy) is 1. The Morgan fingerprint density at radius 3 is 2.84 bits per heavy atom. The lowest BCUT2D eigenvalue weighted by Crippen LogP contribution is -2.16. The number of aromatic nitrogens is 2. The fourth-order valence-corrected chi connectivity index (χ4v) is 1.89. The van der Waals surface area contributed by atoms with Crippen LogP contribution < -0.4 is 10.2 Å². The van der Waals surface area contributed by atoms with E-state index in [1.807, 2.05) is 0 Å². The molecule has 0 radical (unpaired) electrons. The van der Waals surface area contributed by atoms with Gasteiger partial charge in [-0.2, -0.15) is 14.5 Å². The Morgan fingerprint density at radius 1 is 1.32 bits per heavy atom. The van der Waals surface area contributed by atoms with Crippen molar-refractivity contribution in [1.82, 2.24) is 15.4 Å². The van der Waals surface area contributed by atoms with Gasteiger partial charge < -0.3 is 9.15 Å². The third-order valence-corrected chi connectivity index (χ3v) is 3.08. The Bertz CT molecular complexity index is 898. The van der Waals surface area contributed by atoms with Crippen LogP contribution in [0.15, 0.2) is 58.4 Å². The molecule has 25 heavy (non-hydrogen) atoms. The Labute approximate surface area is 146 Å². The molecule has 3 rings (SSSR count). The molecule has 2 heterocycles. The molecule has 3 aromatic rings. The Hall–Kier alpha value is -3.26. The summed E-state index contributed by atoms with van der Waals surface area (Å²) in [5.41, 5.74) is 3.01. The second-order valence-electron chi connectivity index (χ2n) is 4.64. The van der Waals surface area contributed by atoms with Gasteiger partial charge in [0.05, 0.1) is 18.7 Å². The van der Waals surface area contributed by atoms with Gasteiger partial charge in [-0.05, 0) is 53.6 Å². The SMILES string of the molecule is O=C(NN=Cc1ccc(Oc2nc(Cl)ncc2F)cc1)c1ccco1. The highest BCUT2D eigenvalue weighted by Gasteiger charge is 2.08. The van der Waals surface area contributed by atoms with Crippen LogP contribution in [0.3, 0.4) is 0 Å². The molecule has 0 aliphatic carbocycles. The summed E-state index contributed by atoms with van der Waals surface area (Å²) < 4.78 is 23.8. The van der Waals surface area contributed by atoms with Crippen molar-refractivity contribution in [3.63, 3.8) is 0 Å². The van der Waals surface area contributed by atoms with Crippen molar-refractivity contribution in [1.29, 1.82) is 0 Å². The number of benzene rings is 1. The normalized spacial score (nSPS) is 10.8. The van der Waals surface area contributed by atoms with Crippen LogP contribution in [0.4, 0.5) is 4.39 Å². The maximum Gasteiger partial charge on any atom is 0.307 e. The molecule has 9 heteroatoms. The summed E-state index contributed by atoms with van der Waals surface area (Å²) in [4.78, 5) is 18.8. The van der Waals surface area contributed by atoms with Crippen molar-refractivity contribution in [2.45, 2.75) is 0 Å². The summed E-state index contributed by atoms with van der Waals surface area (Å²) in [6, 6.07) is 9.63. The molecule has 0 aliphatic heterocycles. The van der Waals surface area contributed by atoms with Crippen molar-refractivity contribution in [3.05, 3.63) is 71.3 Å². The average molecular weight is 361 g/mol. The zero-order chi connectivity index (χ0) is 17.6. The number of nitrogens with one attached hydrogen (secondary N) is 1. The predicted octanol–water partition coefficient (Wildman–Crippen LogP) is 3.42. The lowest BCUT2D eigenvalue weighted by atomic mass is 10.2. The summed E-state index contributed by atoms with van der Waals surface area (Å²) >= 11 is 5.60. The third-order valence-electron chi connectivity index (χ3n) is 2.90. The van der Waals surface area contributed by atoms with Crippen LogP contribution in [0, 0.1) is 5.82 Å². The van der Waals surface area contributed by atoms with E-state index in [4.69, 9.17) is 20.8 Å². The first-order valence-corrected chi connectivity index (χ1v) is 7.32. The van der Waals surface area contributed by atoms with E-state index in [0.29, 0.717) is 11.3 Å². The van der Waals surface area contributed by atoms with Crippen LogP contribution in [-0.4, -0.2) is 22.1 Å². The standard InChI is InChI=1S/C16H10ClFN4O3/c17-16-19-9-12(18)15(21-16)25-11-5-3-10(4-6-11)8-20-22-14(23)13-2-1-7-24-13/h1-9H,(H,22,23). The smallest absolute Gasteiger partial charge is 0.307 e. The van der Waals surface area contributed by atoms with Gasteiger partial charge in [-0.1, -0.05) is 0 Å². The minimum atomic E-state index is -0.726. The second kappa shape index (κ2) is 7.54. The van der Waals surface area contributed by atoms with Crippen LogP contribution in [0.25, 0.3) is 0 Å². The van der Waals surface area contributed by atoms with Gasteiger partial charge in [0.2, 0.25) is 11.1 Å². The van der Waals surface area contributed by atoms with Crippen molar-refractivity contribution in [2.75, 3.05) is 0 Å². The molecule has 0 saturated heterocycles. The fourth-order valence-electron chi connectivity index (χ4n) is 1.76. The molecule has 1 aromatic carbocycles. The van der Waals surface area contributed by atoms with Crippen molar-refractivity contribution in [3.8, 4) is 11.6 Å². The predicted molar refractivity (Wildman–Crippen MR) is 87.3 cm³/mol. The van der Waals surface area contributed by atoms with Gasteiger partial charge in [-0.15, -0.1) is 0 Å². The van der Waals surface area contributed by atoms with Gasteiger partial charge in [-0.25, -0.2) is 10.4 Å². The minimum absolute atomic E-state index is 0.118. The minimum Gasteiger partial charge on any atom is -0.459 e. The molecule has 0 saturated carbocycles. The summed E-state index contributed by atoms with van der Waals surface area (Å²) in [7, 11) is 0. The molecule has 0 fully saturated rings. The van der Waals surface area contributed by atoms with Gasteiger partial charge in [-0.3, -0.25) is 4.79 Å². The van der Waals surface area contributed by atoms with Crippen LogP contribution in [-0.2, 0) is 0 Å². The number of amides is 1. The third kappa shape index (κ3) is 4.39. The molecule has 1 amide bonds. The second-order valence-corrected chi connectivity index (χ2v) is 4.98. The van der Waals surface area contributed by atoms with Crippen LogP contribution in [0.1, 0.15) is 16.1 Å². The maximum absolute atomic E-state index is 13.5. The first kappa shape index (κ1) is 16.6. The lowest BCUT2D eigenvalue weighted by molar-refractivity contribution is 0.0927. The number of furan rings is 1. The zero-order valence-corrected chi connectivity index (χ0v) is 13.3. The van der Waals surface area contributed by atoms with E-state index in [-0.39, 0.29) is 16.9 Å². The van der Waals surface area contributed by atoms with Crippen LogP contribution in [0.5, 0.6) is 11.6 Å². The van der Waals surface area contributed by atoms with Gasteiger partial charge >= 0.3 is 5.91 Å². The highest BCUT2D eigenvalue weighted by atomic mass is 35.5. The number of nitrogens with zero attached hydrogens (tertiary/aromatic N) is 3. The monoisotopic (exact) mass is 360 g/mol. The molecule has 0 spiro atoms. The molecular formula is C16H10ClFN4O3. The lowest BCUT2D eigenvalue weighted by Gasteiger charge is -2.05. The summed E-state index contributed by atoms with van der Waals surface area (Å²) in [5, 5.41) is 3.70. The van der Waals surface area contributed by atoms with Gasteiger partial charge in [0, 0.05) is 0 Å². The van der Waals surface area contributed by atoms with E-state index < -0.39 is 11.7 Å².